The third-order valence-corrected chi connectivity index (χ3v) is 14.5. The van der Waals surface area contributed by atoms with Crippen molar-refractivity contribution < 1.29 is 19.5 Å². The number of rotatable bonds is 6. The zero-order chi connectivity index (χ0) is 34.2. The second kappa shape index (κ2) is 15.3. The Balaban J connectivity index is 0.000000176. The zero-order valence-corrected chi connectivity index (χ0v) is 31.3. The molecular formula is C40H60ClN5O4. The van der Waals surface area contributed by atoms with Crippen molar-refractivity contribution >= 4 is 36.0 Å². The molecule has 9 nitrogen and oxygen atoms in total. The summed E-state index contributed by atoms with van der Waals surface area (Å²) in [6, 6.07) is 1.84. The molecule has 276 valence electrons. The number of ketones is 1. The third-order valence-electron chi connectivity index (χ3n) is 14.5. The number of fused-ring (bicyclic) bond motifs is 5. The van der Waals surface area contributed by atoms with Crippen molar-refractivity contribution in [2.24, 2.45) is 34.0 Å². The van der Waals surface area contributed by atoms with Crippen LogP contribution in [0, 0.1) is 34.0 Å². The van der Waals surface area contributed by atoms with Crippen LogP contribution in [-0.2, 0) is 14.4 Å². The van der Waals surface area contributed by atoms with Crippen LogP contribution in [-0.4, -0.2) is 87.8 Å². The van der Waals surface area contributed by atoms with Gasteiger partial charge in [-0.05, 0) is 123 Å². The number of unbranched alkanes of at least 4 members (excludes halogenated alkanes) is 1. The molecule has 2 aliphatic heterocycles. The quantitative estimate of drug-likeness (QED) is 0.268. The van der Waals surface area contributed by atoms with Crippen molar-refractivity contribution in [3.05, 3.63) is 30.1 Å². The van der Waals surface area contributed by atoms with Gasteiger partial charge in [0.15, 0.2) is 5.78 Å². The van der Waals surface area contributed by atoms with Crippen molar-refractivity contribution in [2.45, 2.75) is 123 Å². The smallest absolute Gasteiger partial charge is 0.229 e. The minimum atomic E-state index is -0.0823. The number of amides is 2. The maximum atomic E-state index is 12.5. The molecule has 7 aliphatic rings. The van der Waals surface area contributed by atoms with Crippen LogP contribution >= 0.6 is 12.4 Å². The number of likely N-dealkylation sites (tertiary alicyclic amines) is 1. The van der Waals surface area contributed by atoms with Crippen molar-refractivity contribution in [1.82, 2.24) is 19.8 Å². The predicted molar refractivity (Wildman–Crippen MR) is 197 cm³/mol. The summed E-state index contributed by atoms with van der Waals surface area (Å²) in [5, 5.41) is 10.4. The topological polar surface area (TPSA) is 107 Å². The van der Waals surface area contributed by atoms with Crippen LogP contribution in [0.4, 0.5) is 5.95 Å². The lowest BCUT2D eigenvalue weighted by molar-refractivity contribution is -0.153. The molecule has 8 rings (SSSR count). The summed E-state index contributed by atoms with van der Waals surface area (Å²) in [5.41, 5.74) is 1.89. The van der Waals surface area contributed by atoms with E-state index in [1.165, 1.54) is 49.0 Å². The summed E-state index contributed by atoms with van der Waals surface area (Å²) in [4.78, 5) is 51.7. The summed E-state index contributed by atoms with van der Waals surface area (Å²) in [5.74, 6) is 3.51. The Morgan fingerprint density at radius 2 is 1.48 bits per heavy atom. The highest BCUT2D eigenvalue weighted by Gasteiger charge is 2.58. The van der Waals surface area contributed by atoms with Gasteiger partial charge in [0.1, 0.15) is 0 Å². The number of imide groups is 1. The van der Waals surface area contributed by atoms with Gasteiger partial charge in [-0.1, -0.05) is 32.3 Å². The lowest BCUT2D eigenvalue weighted by atomic mass is 9.47. The standard InChI is InChI=1S/C21H31N5O2.C19H28O2.ClH/c27-18-16-21(6-1-2-7-21)17-19(28)26(18)11-4-3-10-24-12-14-25(15-13-24)20-22-8-5-9-23-20;1-18-9-7-13(20)11-12(18)3-4-14-15-5-6-17(21)19(15,2)10-8-16(14)18;/h5,8-9H,1-4,6-7,10-17H2;11,14-17,21H,3-10H2,1-2H3;1H/t;14-,15-,16-,17-,18-,19-;/m.0./s1. The van der Waals surface area contributed by atoms with Gasteiger partial charge in [-0.15, -0.1) is 12.4 Å². The molecule has 4 saturated carbocycles. The van der Waals surface area contributed by atoms with E-state index < -0.39 is 0 Å². The molecule has 1 N–H and O–H groups in total. The third kappa shape index (κ3) is 7.30. The van der Waals surface area contributed by atoms with E-state index in [1.807, 2.05) is 12.1 Å². The molecular weight excluding hydrogens is 650 g/mol. The average Bonchev–Trinajstić information content (AvgIpc) is 3.68. The van der Waals surface area contributed by atoms with Crippen molar-refractivity contribution in [2.75, 3.05) is 44.2 Å². The fourth-order valence-corrected chi connectivity index (χ4v) is 11.5. The van der Waals surface area contributed by atoms with Gasteiger partial charge < -0.3 is 10.0 Å². The first-order valence-corrected chi connectivity index (χ1v) is 19.6. The Labute approximate surface area is 305 Å². The van der Waals surface area contributed by atoms with Gasteiger partial charge in [0.05, 0.1) is 6.10 Å². The Morgan fingerprint density at radius 1 is 0.800 bits per heavy atom. The van der Waals surface area contributed by atoms with Crippen molar-refractivity contribution in [1.29, 1.82) is 0 Å². The Hall–Kier alpha value is -2.36. The maximum absolute atomic E-state index is 12.5. The molecule has 3 heterocycles. The molecule has 0 radical (unpaired) electrons. The fourth-order valence-electron chi connectivity index (χ4n) is 11.5. The predicted octanol–water partition coefficient (Wildman–Crippen LogP) is 6.39. The summed E-state index contributed by atoms with van der Waals surface area (Å²) < 4.78 is 0. The second-order valence-corrected chi connectivity index (χ2v) is 17.2. The zero-order valence-electron chi connectivity index (χ0n) is 30.5. The van der Waals surface area contributed by atoms with Crippen molar-refractivity contribution in [3.63, 3.8) is 0 Å². The first kappa shape index (κ1) is 37.4. The van der Waals surface area contributed by atoms with Crippen LogP contribution in [0.15, 0.2) is 30.1 Å². The molecule has 0 unspecified atom stereocenters. The molecule has 5 aliphatic carbocycles. The second-order valence-electron chi connectivity index (χ2n) is 17.2. The van der Waals surface area contributed by atoms with Crippen LogP contribution in [0.2, 0.25) is 0 Å². The monoisotopic (exact) mass is 709 g/mol. The first-order chi connectivity index (χ1) is 23.6. The number of hydrogen-bond donors (Lipinski definition) is 1. The minimum Gasteiger partial charge on any atom is -0.393 e. The Kier molecular flexibility index (Phi) is 11.5. The van der Waals surface area contributed by atoms with Gasteiger partial charge in [0.25, 0.3) is 0 Å². The van der Waals surface area contributed by atoms with E-state index in [1.54, 1.807) is 12.4 Å². The van der Waals surface area contributed by atoms with E-state index in [0.717, 1.165) is 102 Å². The van der Waals surface area contributed by atoms with Gasteiger partial charge >= 0.3 is 0 Å². The van der Waals surface area contributed by atoms with E-state index in [0.29, 0.717) is 31.1 Å². The first-order valence-electron chi connectivity index (χ1n) is 19.6. The average molecular weight is 710 g/mol. The number of piperidine rings is 1. The molecule has 1 spiro atoms. The molecule has 6 fully saturated rings. The number of piperazine rings is 1. The summed E-state index contributed by atoms with van der Waals surface area (Å²) >= 11 is 0. The molecule has 0 aromatic carbocycles. The highest BCUT2D eigenvalue weighted by molar-refractivity contribution is 5.98. The minimum absolute atomic E-state index is 0. The molecule has 2 amide bonds. The lowest BCUT2D eigenvalue weighted by Gasteiger charge is -2.57. The number of allylic oxidation sites excluding steroid dienone is 1. The van der Waals surface area contributed by atoms with Crippen LogP contribution in [0.1, 0.15) is 117 Å². The van der Waals surface area contributed by atoms with Crippen LogP contribution in [0.5, 0.6) is 0 Å². The van der Waals surface area contributed by atoms with Gasteiger partial charge in [-0.25, -0.2) is 9.97 Å². The summed E-state index contributed by atoms with van der Waals surface area (Å²) in [7, 11) is 0. The lowest BCUT2D eigenvalue weighted by Crippen LogP contribution is -2.51. The number of carbonyl (C=O) groups is 3. The van der Waals surface area contributed by atoms with E-state index in [4.69, 9.17) is 0 Å². The number of aromatic nitrogens is 2. The SMILES string of the molecule is C[C@]12CC[C@H]3[C@@H](CCC4=CC(=O)CC[C@@]43C)[C@@H]1CC[C@@H]2O.Cl.O=C1CC2(CCCC2)CC(=O)N1CCCCN1CCN(c2ncccn2)CC1. The normalized spacial score (nSPS) is 35.0. The largest absolute Gasteiger partial charge is 0.393 e. The molecule has 2 saturated heterocycles. The number of aliphatic hydroxyl groups is 1. The molecule has 1 aromatic rings. The Bertz CT molecular complexity index is 1390. The number of anilines is 1. The van der Waals surface area contributed by atoms with Crippen LogP contribution in [0.3, 0.4) is 0 Å². The van der Waals surface area contributed by atoms with E-state index in [9.17, 15) is 19.5 Å². The molecule has 50 heavy (non-hydrogen) atoms. The van der Waals surface area contributed by atoms with Gasteiger partial charge in [0, 0.05) is 64.4 Å². The number of hydrogen-bond acceptors (Lipinski definition) is 8. The van der Waals surface area contributed by atoms with Crippen LogP contribution < -0.4 is 4.90 Å². The Morgan fingerprint density at radius 3 is 2.18 bits per heavy atom. The highest BCUT2D eigenvalue weighted by atomic mass is 35.5. The summed E-state index contributed by atoms with van der Waals surface area (Å²) in [6.07, 6.45) is 21.8. The van der Waals surface area contributed by atoms with Crippen LogP contribution in [0.25, 0.3) is 0 Å². The number of aliphatic hydroxyl groups excluding tert-OH is 1. The molecule has 10 heteroatoms. The number of carbonyl (C=O) groups excluding carboxylic acids is 3. The molecule has 1 aromatic heterocycles. The fraction of sp³-hybridized carbons (Fsp3) is 0.775. The van der Waals surface area contributed by atoms with Gasteiger partial charge in [-0.3, -0.25) is 24.2 Å². The summed E-state index contributed by atoms with van der Waals surface area (Å²) in [6.45, 7) is 10.3. The van der Waals surface area contributed by atoms with Gasteiger partial charge in [-0.2, -0.15) is 0 Å². The highest BCUT2D eigenvalue weighted by Crippen LogP contribution is 2.65. The molecule has 0 bridgehead atoms. The van der Waals surface area contributed by atoms with E-state index in [-0.39, 0.29) is 46.6 Å². The maximum Gasteiger partial charge on any atom is 0.229 e. The van der Waals surface area contributed by atoms with E-state index in [2.05, 4.69) is 33.6 Å². The number of nitrogens with zero attached hydrogens (tertiary/aromatic N) is 5. The molecule has 6 atom stereocenters. The number of halogens is 1. The van der Waals surface area contributed by atoms with E-state index >= 15 is 0 Å². The van der Waals surface area contributed by atoms with Crippen molar-refractivity contribution in [3.8, 4) is 0 Å². The van der Waals surface area contributed by atoms with Gasteiger partial charge in [0.2, 0.25) is 17.8 Å².